The molecule has 13 heteroatoms. The van der Waals surface area contributed by atoms with Crippen molar-refractivity contribution in [1.82, 2.24) is 20.4 Å². The van der Waals surface area contributed by atoms with Crippen molar-refractivity contribution in [1.29, 1.82) is 0 Å². The number of aromatic nitrogens is 3. The number of nitrogens with zero attached hydrogens (tertiary/aromatic N) is 4. The van der Waals surface area contributed by atoms with E-state index in [4.69, 9.17) is 5.73 Å². The lowest BCUT2D eigenvalue weighted by atomic mass is 10.2. The molecule has 9 nitrogen and oxygen atoms in total. The smallest absolute Gasteiger partial charge is 0.406 e. The number of anilines is 3. The zero-order valence-corrected chi connectivity index (χ0v) is 15.7. The molecule has 0 bridgehead atoms. The third-order valence-corrected chi connectivity index (χ3v) is 3.55. The molecule has 2 aromatic carbocycles. The fourth-order valence-electron chi connectivity index (χ4n) is 2.25. The monoisotopic (exact) mass is 436 g/mol. The molecule has 0 unspecified atom stereocenters. The lowest BCUT2D eigenvalue weighted by Crippen LogP contribution is -2.23. The maximum absolute atomic E-state index is 12.9. The van der Waals surface area contributed by atoms with Gasteiger partial charge in [0.2, 0.25) is 17.8 Å². The minimum Gasteiger partial charge on any atom is -0.406 e. The first-order valence-corrected chi connectivity index (χ1v) is 8.66. The van der Waals surface area contributed by atoms with Gasteiger partial charge in [-0.2, -0.15) is 20.1 Å². The number of hydrogen-bond acceptors (Lipinski definition) is 9. The van der Waals surface area contributed by atoms with Crippen LogP contribution in [0.4, 0.5) is 35.4 Å². The topological polar surface area (TPSA) is 122 Å². The van der Waals surface area contributed by atoms with Gasteiger partial charge in [-0.1, -0.05) is 12.1 Å². The number of alkyl halides is 3. The molecule has 0 aliphatic carbocycles. The van der Waals surface area contributed by atoms with E-state index in [1.165, 1.54) is 30.5 Å². The molecule has 1 aromatic heterocycles. The summed E-state index contributed by atoms with van der Waals surface area (Å²) in [5.74, 6) is -0.601. The highest BCUT2D eigenvalue weighted by Crippen LogP contribution is 2.22. The predicted molar refractivity (Wildman–Crippen MR) is 105 cm³/mol. The van der Waals surface area contributed by atoms with Gasteiger partial charge in [0.15, 0.2) is 0 Å². The SMILES string of the molecule is Nc1nc(NN=Cc2ccc(OC(F)(F)F)cc2)nc(NNCc2ccc(F)cc2)n1. The molecule has 0 atom stereocenters. The van der Waals surface area contributed by atoms with E-state index in [0.29, 0.717) is 12.1 Å². The van der Waals surface area contributed by atoms with Crippen LogP contribution in [0.1, 0.15) is 11.1 Å². The van der Waals surface area contributed by atoms with E-state index < -0.39 is 6.36 Å². The van der Waals surface area contributed by atoms with Crippen molar-refractivity contribution in [3.8, 4) is 5.75 Å². The Morgan fingerprint density at radius 1 is 0.968 bits per heavy atom. The summed E-state index contributed by atoms with van der Waals surface area (Å²) in [5, 5.41) is 3.90. The zero-order valence-electron chi connectivity index (χ0n) is 15.7. The first-order valence-electron chi connectivity index (χ1n) is 8.66. The summed E-state index contributed by atoms with van der Waals surface area (Å²) in [5.41, 5.74) is 15.1. The van der Waals surface area contributed by atoms with Crippen molar-refractivity contribution in [3.63, 3.8) is 0 Å². The van der Waals surface area contributed by atoms with Crippen LogP contribution in [0.15, 0.2) is 53.6 Å². The molecule has 0 aliphatic heterocycles. The molecule has 1 heterocycles. The first-order chi connectivity index (χ1) is 14.8. The van der Waals surface area contributed by atoms with Crippen LogP contribution in [0.2, 0.25) is 0 Å². The number of hydrazine groups is 1. The molecule has 31 heavy (non-hydrogen) atoms. The largest absolute Gasteiger partial charge is 0.573 e. The Morgan fingerprint density at radius 3 is 2.32 bits per heavy atom. The minimum absolute atomic E-state index is 0.0341. The van der Waals surface area contributed by atoms with Crippen molar-refractivity contribution in [2.75, 3.05) is 16.6 Å². The lowest BCUT2D eigenvalue weighted by molar-refractivity contribution is -0.274. The summed E-state index contributed by atoms with van der Waals surface area (Å²) >= 11 is 0. The first kappa shape index (κ1) is 21.7. The highest BCUT2D eigenvalue weighted by molar-refractivity contribution is 5.80. The van der Waals surface area contributed by atoms with E-state index in [2.05, 4.69) is 41.1 Å². The number of ether oxygens (including phenoxy) is 1. The number of hydrazone groups is 1. The molecule has 3 rings (SSSR count). The number of rotatable bonds is 8. The number of nitrogens with two attached hydrogens (primary N) is 1. The second-order valence-corrected chi connectivity index (χ2v) is 5.93. The summed E-state index contributed by atoms with van der Waals surface area (Å²) in [7, 11) is 0. The van der Waals surface area contributed by atoms with Crippen LogP contribution >= 0.6 is 0 Å². The van der Waals surface area contributed by atoms with Crippen LogP contribution in [0, 0.1) is 5.82 Å². The Labute approximate surface area is 173 Å². The summed E-state index contributed by atoms with van der Waals surface area (Å²) in [6.07, 6.45) is -3.41. The van der Waals surface area contributed by atoms with Gasteiger partial charge < -0.3 is 10.5 Å². The van der Waals surface area contributed by atoms with E-state index in [-0.39, 0.29) is 29.4 Å². The van der Waals surface area contributed by atoms with Crippen LogP contribution in [0.3, 0.4) is 0 Å². The van der Waals surface area contributed by atoms with Crippen molar-refractivity contribution >= 4 is 24.1 Å². The van der Waals surface area contributed by atoms with Gasteiger partial charge in [0, 0.05) is 6.54 Å². The van der Waals surface area contributed by atoms with Crippen LogP contribution in [0.25, 0.3) is 0 Å². The minimum atomic E-state index is -4.75. The van der Waals surface area contributed by atoms with Gasteiger partial charge >= 0.3 is 6.36 Å². The van der Waals surface area contributed by atoms with Gasteiger partial charge in [0.05, 0.1) is 6.21 Å². The van der Waals surface area contributed by atoms with Crippen LogP contribution in [0.5, 0.6) is 5.75 Å². The van der Waals surface area contributed by atoms with Gasteiger partial charge in [-0.15, -0.1) is 13.2 Å². The van der Waals surface area contributed by atoms with Gasteiger partial charge in [0.1, 0.15) is 11.6 Å². The van der Waals surface area contributed by atoms with Gasteiger partial charge in [-0.3, -0.25) is 5.43 Å². The number of nitrogens with one attached hydrogen (secondary N) is 3. The third-order valence-electron chi connectivity index (χ3n) is 3.55. The number of nitrogen functional groups attached to an aromatic ring is 1. The molecule has 0 saturated carbocycles. The quantitative estimate of drug-likeness (QED) is 0.241. The van der Waals surface area contributed by atoms with Gasteiger partial charge in [0.25, 0.3) is 0 Å². The molecule has 3 aromatic rings. The summed E-state index contributed by atoms with van der Waals surface area (Å²) in [6.45, 7) is 0.362. The maximum atomic E-state index is 12.9. The standard InChI is InChI=1S/C18H16F4N8O/c19-13-5-1-11(2-6-13)9-24-29-16-26-15(23)27-17(28-16)30-25-10-12-3-7-14(8-4-12)31-18(20,21)22/h1-8,10,24H,9H2,(H4,23,26,27,28,29,30). The van der Waals surface area contributed by atoms with E-state index in [1.54, 1.807) is 12.1 Å². The zero-order chi connectivity index (χ0) is 22.3. The van der Waals surface area contributed by atoms with Crippen LogP contribution in [-0.4, -0.2) is 27.5 Å². The van der Waals surface area contributed by atoms with E-state index in [1.807, 2.05) is 0 Å². The normalized spacial score (nSPS) is 11.5. The molecule has 0 spiro atoms. The second-order valence-electron chi connectivity index (χ2n) is 5.93. The Bertz CT molecular complexity index is 1030. The maximum Gasteiger partial charge on any atom is 0.573 e. The molecule has 5 N–H and O–H groups in total. The highest BCUT2D eigenvalue weighted by atomic mass is 19.4. The number of hydrogen-bond donors (Lipinski definition) is 4. The van der Waals surface area contributed by atoms with Gasteiger partial charge in [-0.05, 0) is 47.5 Å². The van der Waals surface area contributed by atoms with Crippen molar-refractivity contribution in [3.05, 3.63) is 65.5 Å². The average Bonchev–Trinajstić information content (AvgIpc) is 2.69. The predicted octanol–water partition coefficient (Wildman–Crippen LogP) is 3.05. The fourth-order valence-corrected chi connectivity index (χ4v) is 2.25. The number of halogens is 4. The summed E-state index contributed by atoms with van der Waals surface area (Å²) in [6, 6.07) is 11.0. The molecule has 0 saturated heterocycles. The fraction of sp³-hybridized carbons (Fsp3) is 0.111. The highest BCUT2D eigenvalue weighted by Gasteiger charge is 2.30. The average molecular weight is 436 g/mol. The lowest BCUT2D eigenvalue weighted by Gasteiger charge is -2.09. The van der Waals surface area contributed by atoms with Crippen molar-refractivity contribution in [2.45, 2.75) is 12.9 Å². The Hall–Kier alpha value is -4.00. The Morgan fingerprint density at radius 2 is 1.65 bits per heavy atom. The van der Waals surface area contributed by atoms with Crippen molar-refractivity contribution in [2.24, 2.45) is 5.10 Å². The summed E-state index contributed by atoms with van der Waals surface area (Å²) in [4.78, 5) is 11.8. The molecular formula is C18H16F4N8O. The molecule has 162 valence electrons. The Kier molecular flexibility index (Phi) is 6.77. The molecule has 0 aliphatic rings. The molecule has 0 amide bonds. The van der Waals surface area contributed by atoms with E-state index in [0.717, 1.165) is 17.7 Å². The third kappa shape index (κ3) is 7.40. The molecule has 0 radical (unpaired) electrons. The number of benzene rings is 2. The molecule has 0 fully saturated rings. The van der Waals surface area contributed by atoms with Crippen LogP contribution in [-0.2, 0) is 6.54 Å². The van der Waals surface area contributed by atoms with Gasteiger partial charge in [-0.25, -0.2) is 15.2 Å². The summed E-state index contributed by atoms with van der Waals surface area (Å²) < 4.78 is 53.2. The second kappa shape index (κ2) is 9.67. The van der Waals surface area contributed by atoms with Crippen molar-refractivity contribution < 1.29 is 22.3 Å². The van der Waals surface area contributed by atoms with E-state index in [9.17, 15) is 17.6 Å². The van der Waals surface area contributed by atoms with E-state index >= 15 is 0 Å². The van der Waals surface area contributed by atoms with Crippen LogP contribution < -0.4 is 26.7 Å². The molecular weight excluding hydrogens is 420 g/mol. The Balaban J connectivity index is 1.54.